The monoisotopic (exact) mass is 332 g/mol. The number of aliphatic hydroxyl groups is 2. The lowest BCUT2D eigenvalue weighted by atomic mass is 10.0. The van der Waals surface area contributed by atoms with Crippen molar-refractivity contribution in [1.29, 1.82) is 0 Å². The van der Waals surface area contributed by atoms with E-state index in [4.69, 9.17) is 0 Å². The van der Waals surface area contributed by atoms with Gasteiger partial charge in [-0.2, -0.15) is 0 Å². The zero-order valence-electron chi connectivity index (χ0n) is 12.8. The van der Waals surface area contributed by atoms with Crippen molar-refractivity contribution in [1.82, 2.24) is 9.88 Å². The second-order valence-electron chi connectivity index (χ2n) is 6.60. The van der Waals surface area contributed by atoms with Crippen LogP contribution in [-0.2, 0) is 4.79 Å². The first-order valence-electron chi connectivity index (χ1n) is 8.14. The molecule has 23 heavy (non-hydrogen) atoms. The maximum absolute atomic E-state index is 12.5. The SMILES string of the molecule is O=C(C(O)C(O)c1nc2ccccc2s1)N1CC2CCCC2C1. The smallest absolute Gasteiger partial charge is 0.254 e. The third-order valence-electron chi connectivity index (χ3n) is 5.15. The van der Waals surface area contributed by atoms with Crippen LogP contribution >= 0.6 is 11.3 Å². The molecule has 1 aromatic heterocycles. The Hall–Kier alpha value is -1.50. The average Bonchev–Trinajstić information content (AvgIpc) is 3.25. The lowest BCUT2D eigenvalue weighted by molar-refractivity contribution is -0.145. The minimum atomic E-state index is -1.44. The van der Waals surface area contributed by atoms with Gasteiger partial charge in [0.1, 0.15) is 11.1 Å². The van der Waals surface area contributed by atoms with Gasteiger partial charge in [0.05, 0.1) is 10.2 Å². The number of amides is 1. The number of hydrogen-bond donors (Lipinski definition) is 2. The summed E-state index contributed by atoms with van der Waals surface area (Å²) in [5.74, 6) is 0.780. The Morgan fingerprint density at radius 1 is 1.22 bits per heavy atom. The van der Waals surface area contributed by atoms with E-state index in [1.165, 1.54) is 30.6 Å². The second kappa shape index (κ2) is 5.85. The third-order valence-corrected chi connectivity index (χ3v) is 6.26. The summed E-state index contributed by atoms with van der Waals surface area (Å²) < 4.78 is 0.942. The molecule has 0 radical (unpaired) electrons. The van der Waals surface area contributed by atoms with E-state index in [-0.39, 0.29) is 5.91 Å². The van der Waals surface area contributed by atoms with Gasteiger partial charge in [0.2, 0.25) is 0 Å². The van der Waals surface area contributed by atoms with E-state index in [9.17, 15) is 15.0 Å². The molecule has 2 fully saturated rings. The zero-order valence-corrected chi connectivity index (χ0v) is 13.6. The Balaban J connectivity index is 1.49. The molecular weight excluding hydrogens is 312 g/mol. The van der Waals surface area contributed by atoms with Crippen LogP contribution in [0.5, 0.6) is 0 Å². The van der Waals surface area contributed by atoms with Crippen molar-refractivity contribution in [3.8, 4) is 0 Å². The predicted octanol–water partition coefficient (Wildman–Crippen LogP) is 1.95. The van der Waals surface area contributed by atoms with Crippen LogP contribution < -0.4 is 0 Å². The summed E-state index contributed by atoms with van der Waals surface area (Å²) in [5.41, 5.74) is 0.780. The van der Waals surface area contributed by atoms with Gasteiger partial charge in [-0.15, -0.1) is 11.3 Å². The van der Waals surface area contributed by atoms with Gasteiger partial charge in [0.15, 0.2) is 6.10 Å². The molecule has 1 saturated heterocycles. The Kier molecular flexibility index (Phi) is 3.83. The zero-order chi connectivity index (χ0) is 16.0. The van der Waals surface area contributed by atoms with Gasteiger partial charge in [0, 0.05) is 13.1 Å². The van der Waals surface area contributed by atoms with Crippen molar-refractivity contribution in [3.63, 3.8) is 0 Å². The molecule has 4 rings (SSSR count). The van der Waals surface area contributed by atoms with Crippen LogP contribution in [0.2, 0.25) is 0 Å². The number of para-hydroxylation sites is 1. The van der Waals surface area contributed by atoms with E-state index in [0.717, 1.165) is 10.2 Å². The minimum absolute atomic E-state index is 0.369. The number of fused-ring (bicyclic) bond motifs is 2. The summed E-state index contributed by atoms with van der Waals surface area (Å²) in [6.07, 6.45) is 0.888. The minimum Gasteiger partial charge on any atom is -0.383 e. The Labute approximate surface area is 138 Å². The van der Waals surface area contributed by atoms with E-state index in [1.54, 1.807) is 4.90 Å². The van der Waals surface area contributed by atoms with E-state index in [1.807, 2.05) is 24.3 Å². The van der Waals surface area contributed by atoms with Gasteiger partial charge in [-0.05, 0) is 36.8 Å². The van der Waals surface area contributed by atoms with Crippen LogP contribution in [-0.4, -0.2) is 45.2 Å². The summed E-state index contributed by atoms with van der Waals surface area (Å²) in [4.78, 5) is 18.6. The summed E-state index contributed by atoms with van der Waals surface area (Å²) in [7, 11) is 0. The number of nitrogens with zero attached hydrogens (tertiary/aromatic N) is 2. The second-order valence-corrected chi connectivity index (χ2v) is 7.67. The average molecular weight is 332 g/mol. The normalized spacial score (nSPS) is 26.4. The first-order chi connectivity index (χ1) is 11.1. The van der Waals surface area contributed by atoms with Gasteiger partial charge >= 0.3 is 0 Å². The van der Waals surface area contributed by atoms with Gasteiger partial charge in [0.25, 0.3) is 5.91 Å². The molecular formula is C17H20N2O3S. The standard InChI is InChI=1S/C17H20N2O3S/c20-14(16-18-12-6-1-2-7-13(12)23-16)15(21)17(22)19-8-10-4-3-5-11(10)9-19/h1-2,6-7,10-11,14-15,20-21H,3-5,8-9H2. The summed E-state index contributed by atoms with van der Waals surface area (Å²) >= 11 is 1.32. The van der Waals surface area contributed by atoms with Crippen molar-refractivity contribution < 1.29 is 15.0 Å². The van der Waals surface area contributed by atoms with Crippen LogP contribution in [0.1, 0.15) is 30.4 Å². The third kappa shape index (κ3) is 2.65. The van der Waals surface area contributed by atoms with Crippen LogP contribution in [0.15, 0.2) is 24.3 Å². The highest BCUT2D eigenvalue weighted by Gasteiger charge is 2.41. The number of benzene rings is 1. The fraction of sp³-hybridized carbons (Fsp3) is 0.529. The molecule has 2 aromatic rings. The number of carbonyl (C=O) groups excluding carboxylic acids is 1. The van der Waals surface area contributed by atoms with Gasteiger partial charge < -0.3 is 15.1 Å². The number of rotatable bonds is 3. The number of thiazole rings is 1. The highest BCUT2D eigenvalue weighted by atomic mass is 32.1. The summed E-state index contributed by atoms with van der Waals surface area (Å²) in [5, 5.41) is 21.1. The maximum atomic E-state index is 12.5. The van der Waals surface area contributed by atoms with E-state index in [2.05, 4.69) is 4.98 Å². The van der Waals surface area contributed by atoms with Crippen molar-refractivity contribution in [2.24, 2.45) is 11.8 Å². The van der Waals surface area contributed by atoms with Crippen molar-refractivity contribution >= 4 is 27.5 Å². The summed E-state index contributed by atoms with van der Waals surface area (Å²) in [6, 6.07) is 7.56. The molecule has 0 bridgehead atoms. The van der Waals surface area contributed by atoms with Crippen LogP contribution in [0.4, 0.5) is 0 Å². The van der Waals surface area contributed by atoms with E-state index >= 15 is 0 Å². The predicted molar refractivity (Wildman–Crippen MR) is 88.0 cm³/mol. The molecule has 6 heteroatoms. The molecule has 122 valence electrons. The number of aliphatic hydroxyl groups excluding tert-OH is 2. The number of carbonyl (C=O) groups is 1. The van der Waals surface area contributed by atoms with E-state index < -0.39 is 12.2 Å². The molecule has 2 heterocycles. The van der Waals surface area contributed by atoms with Gasteiger partial charge in [-0.3, -0.25) is 4.79 Å². The molecule has 5 nitrogen and oxygen atoms in total. The number of aromatic nitrogens is 1. The molecule has 0 spiro atoms. The first kappa shape index (κ1) is 15.1. The molecule has 4 atom stereocenters. The van der Waals surface area contributed by atoms with Crippen LogP contribution in [0.25, 0.3) is 10.2 Å². The largest absolute Gasteiger partial charge is 0.383 e. The van der Waals surface area contributed by atoms with Crippen molar-refractivity contribution in [2.45, 2.75) is 31.5 Å². The lowest BCUT2D eigenvalue weighted by Gasteiger charge is -2.23. The summed E-state index contributed by atoms with van der Waals surface area (Å²) in [6.45, 7) is 1.43. The number of likely N-dealkylation sites (tertiary alicyclic amines) is 1. The highest BCUT2D eigenvalue weighted by molar-refractivity contribution is 7.18. The van der Waals surface area contributed by atoms with Crippen molar-refractivity contribution in [2.75, 3.05) is 13.1 Å². The first-order valence-corrected chi connectivity index (χ1v) is 8.95. The Morgan fingerprint density at radius 3 is 2.61 bits per heavy atom. The Morgan fingerprint density at radius 2 is 1.91 bits per heavy atom. The van der Waals surface area contributed by atoms with E-state index in [0.29, 0.717) is 29.9 Å². The molecule has 1 aromatic carbocycles. The number of hydrogen-bond acceptors (Lipinski definition) is 5. The quantitative estimate of drug-likeness (QED) is 0.901. The molecule has 1 aliphatic carbocycles. The molecule has 1 saturated carbocycles. The molecule has 4 unspecified atom stereocenters. The molecule has 1 aliphatic heterocycles. The fourth-order valence-electron chi connectivity index (χ4n) is 3.89. The van der Waals surface area contributed by atoms with Crippen LogP contribution in [0.3, 0.4) is 0 Å². The topological polar surface area (TPSA) is 73.7 Å². The molecule has 1 amide bonds. The fourth-order valence-corrected chi connectivity index (χ4v) is 4.87. The molecule has 2 aliphatic rings. The van der Waals surface area contributed by atoms with Gasteiger partial charge in [-0.25, -0.2) is 4.98 Å². The maximum Gasteiger partial charge on any atom is 0.254 e. The van der Waals surface area contributed by atoms with Gasteiger partial charge in [-0.1, -0.05) is 18.6 Å². The lowest BCUT2D eigenvalue weighted by Crippen LogP contribution is -2.41. The highest BCUT2D eigenvalue weighted by Crippen LogP contribution is 2.38. The van der Waals surface area contributed by atoms with Crippen LogP contribution in [0, 0.1) is 11.8 Å². The van der Waals surface area contributed by atoms with Crippen molar-refractivity contribution in [3.05, 3.63) is 29.3 Å². The molecule has 2 N–H and O–H groups in total. The Bertz CT molecular complexity index is 686.